The van der Waals surface area contributed by atoms with E-state index in [9.17, 15) is 9.59 Å². The van der Waals surface area contributed by atoms with E-state index in [1.807, 2.05) is 0 Å². The highest BCUT2D eigenvalue weighted by Crippen LogP contribution is 2.08. The van der Waals surface area contributed by atoms with E-state index in [0.717, 1.165) is 0 Å². The lowest BCUT2D eigenvalue weighted by atomic mass is 10.2. The number of carbonyl (C=O) groups is 1. The van der Waals surface area contributed by atoms with Gasteiger partial charge in [0.2, 0.25) is 0 Å². The molecule has 0 bridgehead atoms. The quantitative estimate of drug-likeness (QED) is 0.736. The number of nitrogens with zero attached hydrogens (tertiary/aromatic N) is 2. The van der Waals surface area contributed by atoms with Crippen molar-refractivity contribution >= 4 is 5.97 Å². The Morgan fingerprint density at radius 2 is 2.27 bits per heavy atom. The van der Waals surface area contributed by atoms with E-state index in [4.69, 9.17) is 5.11 Å². The average molecular weight is 205 g/mol. The maximum atomic E-state index is 10.9. The summed E-state index contributed by atoms with van der Waals surface area (Å²) >= 11 is 0. The summed E-state index contributed by atoms with van der Waals surface area (Å²) in [5, 5.41) is 11.3. The van der Waals surface area contributed by atoms with Crippen LogP contribution in [0.1, 0.15) is 10.4 Å². The molecule has 6 nitrogen and oxygen atoms in total. The number of H-pyrrole nitrogens is 1. The molecule has 0 spiro atoms. The highest BCUT2D eigenvalue weighted by Gasteiger charge is 2.11. The molecule has 2 N–H and O–H groups in total. The normalized spacial score (nSPS) is 10.1. The Bertz CT molecular complexity index is 555. The number of rotatable bonds is 2. The number of aromatic amines is 1. The van der Waals surface area contributed by atoms with Gasteiger partial charge in [0.15, 0.2) is 5.82 Å². The molecule has 0 aliphatic carbocycles. The first-order chi connectivity index (χ1) is 7.18. The first-order valence-electron chi connectivity index (χ1n) is 4.15. The Balaban J connectivity index is 2.62. The SMILES string of the molecule is O=C(O)c1cccnc1-n1ccc(=O)[nH]1. The largest absolute Gasteiger partial charge is 0.478 e. The van der Waals surface area contributed by atoms with Gasteiger partial charge in [0.25, 0.3) is 5.56 Å². The van der Waals surface area contributed by atoms with Crippen molar-refractivity contribution in [2.75, 3.05) is 0 Å². The van der Waals surface area contributed by atoms with Gasteiger partial charge in [-0.05, 0) is 12.1 Å². The minimum Gasteiger partial charge on any atom is -0.478 e. The molecular formula is C9H7N3O3. The number of aromatic nitrogens is 3. The summed E-state index contributed by atoms with van der Waals surface area (Å²) < 4.78 is 1.27. The van der Waals surface area contributed by atoms with Crippen LogP contribution in [0.4, 0.5) is 0 Å². The van der Waals surface area contributed by atoms with Crippen LogP contribution >= 0.6 is 0 Å². The van der Waals surface area contributed by atoms with Gasteiger partial charge in [-0.2, -0.15) is 0 Å². The van der Waals surface area contributed by atoms with E-state index in [1.54, 1.807) is 0 Å². The Morgan fingerprint density at radius 1 is 1.47 bits per heavy atom. The van der Waals surface area contributed by atoms with Crippen LogP contribution in [0.3, 0.4) is 0 Å². The van der Waals surface area contributed by atoms with Crippen LogP contribution in [0.15, 0.2) is 35.4 Å². The summed E-state index contributed by atoms with van der Waals surface area (Å²) in [6.07, 6.45) is 2.89. The molecule has 15 heavy (non-hydrogen) atoms. The lowest BCUT2D eigenvalue weighted by Gasteiger charge is -2.04. The Labute approximate surface area is 83.8 Å². The summed E-state index contributed by atoms with van der Waals surface area (Å²) in [6, 6.07) is 4.23. The van der Waals surface area contributed by atoms with Crippen LogP contribution in [0.5, 0.6) is 0 Å². The van der Waals surface area contributed by atoms with Crippen LogP contribution in [0, 0.1) is 0 Å². The number of nitrogens with one attached hydrogen (secondary N) is 1. The number of aromatic carboxylic acids is 1. The van der Waals surface area contributed by atoms with Crippen molar-refractivity contribution in [2.45, 2.75) is 0 Å². The average Bonchev–Trinajstić information content (AvgIpc) is 2.65. The molecule has 0 amide bonds. The van der Waals surface area contributed by atoms with Gasteiger partial charge in [0.05, 0.1) is 0 Å². The zero-order valence-electron chi connectivity index (χ0n) is 7.54. The van der Waals surface area contributed by atoms with Gasteiger partial charge in [-0.15, -0.1) is 0 Å². The monoisotopic (exact) mass is 205 g/mol. The molecule has 2 aromatic rings. The molecule has 0 aliphatic rings. The number of hydrogen-bond donors (Lipinski definition) is 2. The molecule has 0 aromatic carbocycles. The summed E-state index contributed by atoms with van der Waals surface area (Å²) in [6.45, 7) is 0. The van der Waals surface area contributed by atoms with Gasteiger partial charge in [-0.25, -0.2) is 14.5 Å². The van der Waals surface area contributed by atoms with Crippen molar-refractivity contribution in [3.05, 3.63) is 46.5 Å². The van der Waals surface area contributed by atoms with Crippen molar-refractivity contribution in [3.8, 4) is 5.82 Å². The molecule has 2 rings (SSSR count). The van der Waals surface area contributed by atoms with E-state index >= 15 is 0 Å². The zero-order chi connectivity index (χ0) is 10.8. The second kappa shape index (κ2) is 3.41. The van der Waals surface area contributed by atoms with Crippen molar-refractivity contribution < 1.29 is 9.90 Å². The van der Waals surface area contributed by atoms with Crippen LogP contribution < -0.4 is 5.56 Å². The minimum atomic E-state index is -1.09. The van der Waals surface area contributed by atoms with Gasteiger partial charge in [-0.3, -0.25) is 9.89 Å². The van der Waals surface area contributed by atoms with E-state index < -0.39 is 5.97 Å². The molecule has 0 atom stereocenters. The van der Waals surface area contributed by atoms with Gasteiger partial charge in [-0.1, -0.05) is 0 Å². The smallest absolute Gasteiger partial charge is 0.339 e. The third-order valence-electron chi connectivity index (χ3n) is 1.85. The maximum absolute atomic E-state index is 10.9. The molecule has 0 saturated heterocycles. The van der Waals surface area contributed by atoms with Crippen molar-refractivity contribution in [1.29, 1.82) is 0 Å². The zero-order valence-corrected chi connectivity index (χ0v) is 7.54. The van der Waals surface area contributed by atoms with Gasteiger partial charge < -0.3 is 5.11 Å². The lowest BCUT2D eigenvalue weighted by molar-refractivity contribution is 0.0696. The van der Waals surface area contributed by atoms with E-state index in [-0.39, 0.29) is 16.9 Å². The third kappa shape index (κ3) is 1.64. The Hall–Kier alpha value is -2.37. The predicted molar refractivity (Wildman–Crippen MR) is 51.1 cm³/mol. The predicted octanol–water partition coefficient (Wildman–Crippen LogP) is 0.259. The lowest BCUT2D eigenvalue weighted by Crippen LogP contribution is -2.10. The maximum Gasteiger partial charge on any atom is 0.339 e. The molecule has 2 heterocycles. The number of carboxylic acids is 1. The van der Waals surface area contributed by atoms with Gasteiger partial charge in [0, 0.05) is 18.5 Å². The standard InChI is InChI=1S/C9H7N3O3/c13-7-3-5-12(11-7)8-6(9(14)15)2-1-4-10-8/h1-5H,(H,11,13)(H,14,15). The van der Waals surface area contributed by atoms with Crippen LogP contribution in [-0.2, 0) is 0 Å². The topological polar surface area (TPSA) is 88.0 Å². The van der Waals surface area contributed by atoms with Gasteiger partial charge >= 0.3 is 5.97 Å². The molecule has 0 radical (unpaired) electrons. The molecule has 0 saturated carbocycles. The molecule has 6 heteroatoms. The van der Waals surface area contributed by atoms with Crippen molar-refractivity contribution in [2.24, 2.45) is 0 Å². The summed E-state index contributed by atoms with van der Waals surface area (Å²) in [4.78, 5) is 25.6. The Kier molecular flexibility index (Phi) is 2.09. The Morgan fingerprint density at radius 3 is 2.87 bits per heavy atom. The highest BCUT2D eigenvalue weighted by molar-refractivity contribution is 5.90. The van der Waals surface area contributed by atoms with E-state index in [2.05, 4.69) is 10.1 Å². The van der Waals surface area contributed by atoms with Crippen LogP contribution in [0.25, 0.3) is 5.82 Å². The fraction of sp³-hybridized carbons (Fsp3) is 0. The minimum absolute atomic E-state index is 0.0318. The van der Waals surface area contributed by atoms with Crippen LogP contribution in [-0.4, -0.2) is 25.8 Å². The van der Waals surface area contributed by atoms with Crippen molar-refractivity contribution in [3.63, 3.8) is 0 Å². The van der Waals surface area contributed by atoms with E-state index in [1.165, 1.54) is 35.3 Å². The second-order valence-corrected chi connectivity index (χ2v) is 2.84. The fourth-order valence-electron chi connectivity index (χ4n) is 1.21. The second-order valence-electron chi connectivity index (χ2n) is 2.84. The highest BCUT2D eigenvalue weighted by atomic mass is 16.4. The number of carboxylic acid groups (broad SMARTS) is 1. The summed E-state index contributed by atoms with van der Waals surface area (Å²) in [7, 11) is 0. The van der Waals surface area contributed by atoms with Gasteiger partial charge in [0.1, 0.15) is 5.56 Å². The van der Waals surface area contributed by atoms with Crippen LogP contribution in [0.2, 0.25) is 0 Å². The molecule has 0 fully saturated rings. The molecule has 2 aromatic heterocycles. The number of hydrogen-bond acceptors (Lipinski definition) is 3. The molecule has 76 valence electrons. The molecule has 0 unspecified atom stereocenters. The molecular weight excluding hydrogens is 198 g/mol. The third-order valence-corrected chi connectivity index (χ3v) is 1.85. The number of pyridine rings is 1. The van der Waals surface area contributed by atoms with E-state index in [0.29, 0.717) is 0 Å². The first kappa shape index (κ1) is 9.20. The summed E-state index contributed by atoms with van der Waals surface area (Å²) in [5.41, 5.74) is -0.277. The summed E-state index contributed by atoms with van der Waals surface area (Å²) in [5.74, 6) is -0.903. The molecule has 0 aliphatic heterocycles. The first-order valence-corrected chi connectivity index (χ1v) is 4.15. The van der Waals surface area contributed by atoms with Crippen molar-refractivity contribution in [1.82, 2.24) is 14.8 Å². The fourth-order valence-corrected chi connectivity index (χ4v) is 1.21.